The average Bonchev–Trinajstić information content (AvgIpc) is 3.47. The van der Waals surface area contributed by atoms with Gasteiger partial charge < -0.3 is 20.4 Å². The third-order valence-electron chi connectivity index (χ3n) is 8.98. The van der Waals surface area contributed by atoms with Crippen molar-refractivity contribution in [1.29, 1.82) is 0 Å². The predicted molar refractivity (Wildman–Crippen MR) is 163 cm³/mol. The van der Waals surface area contributed by atoms with Crippen molar-refractivity contribution in [3.63, 3.8) is 0 Å². The first-order valence-electron chi connectivity index (χ1n) is 15.6. The van der Waals surface area contributed by atoms with Crippen molar-refractivity contribution in [2.45, 2.75) is 89.3 Å². The molecule has 4 rings (SSSR count). The number of aryl methyl sites for hydroxylation is 1. The molecule has 6 heteroatoms. The summed E-state index contributed by atoms with van der Waals surface area (Å²) >= 11 is 0. The Balaban J connectivity index is 1.43. The molecule has 1 saturated carbocycles. The number of carbonyl (C=O) groups is 2. The maximum absolute atomic E-state index is 14.1. The summed E-state index contributed by atoms with van der Waals surface area (Å²) in [6, 6.07) is 20.9. The molecule has 3 atom stereocenters. The zero-order chi connectivity index (χ0) is 28.2. The summed E-state index contributed by atoms with van der Waals surface area (Å²) in [5, 5.41) is 6.21. The lowest BCUT2D eigenvalue weighted by Crippen LogP contribution is -2.57. The molecule has 1 heterocycles. The first-order valence-corrected chi connectivity index (χ1v) is 15.6. The van der Waals surface area contributed by atoms with E-state index in [1.165, 1.54) is 17.5 Å². The van der Waals surface area contributed by atoms with Crippen molar-refractivity contribution in [2.75, 3.05) is 33.2 Å². The highest BCUT2D eigenvalue weighted by Crippen LogP contribution is 2.29. The van der Waals surface area contributed by atoms with E-state index in [0.717, 1.165) is 84.0 Å². The van der Waals surface area contributed by atoms with Crippen molar-refractivity contribution >= 4 is 11.8 Å². The molecule has 2 N–H and O–H groups in total. The molecular weight excluding hydrogens is 496 g/mol. The molecule has 1 aliphatic heterocycles. The SMILES string of the molecule is CN[C@@H](C)C(=O)N[C@H](C(=O)N1CCC[C@H]1CN(CCCc1ccccc1)CCc1ccccc1)C1CCCCC1. The molecule has 218 valence electrons. The van der Waals surface area contributed by atoms with Gasteiger partial charge in [-0.15, -0.1) is 0 Å². The van der Waals surface area contributed by atoms with Crippen LogP contribution in [-0.4, -0.2) is 73.0 Å². The molecule has 0 unspecified atom stereocenters. The largest absolute Gasteiger partial charge is 0.343 e. The fourth-order valence-corrected chi connectivity index (χ4v) is 6.43. The number of carbonyl (C=O) groups excluding carboxylic acids is 2. The Morgan fingerprint density at radius 3 is 2.17 bits per heavy atom. The topological polar surface area (TPSA) is 64.7 Å². The molecule has 2 aliphatic rings. The number of rotatable bonds is 14. The molecular formula is C34H50N4O2. The number of hydrogen-bond acceptors (Lipinski definition) is 4. The molecule has 2 amide bonds. The van der Waals surface area contributed by atoms with E-state index in [1.54, 1.807) is 7.05 Å². The molecule has 40 heavy (non-hydrogen) atoms. The van der Waals surface area contributed by atoms with Gasteiger partial charge in [-0.05, 0) is 82.5 Å². The minimum absolute atomic E-state index is 0.0763. The molecule has 2 aromatic rings. The number of benzene rings is 2. The van der Waals surface area contributed by atoms with Crippen LogP contribution in [0, 0.1) is 5.92 Å². The third kappa shape index (κ3) is 8.90. The molecule has 6 nitrogen and oxygen atoms in total. The van der Waals surface area contributed by atoms with E-state index in [0.29, 0.717) is 0 Å². The van der Waals surface area contributed by atoms with Crippen LogP contribution in [0.5, 0.6) is 0 Å². The lowest BCUT2D eigenvalue weighted by Gasteiger charge is -2.37. The van der Waals surface area contributed by atoms with Gasteiger partial charge in [-0.2, -0.15) is 0 Å². The normalized spacial score (nSPS) is 19.5. The number of likely N-dealkylation sites (N-methyl/N-ethyl adjacent to an activating group) is 1. The van der Waals surface area contributed by atoms with Crippen molar-refractivity contribution < 1.29 is 9.59 Å². The second-order valence-corrected chi connectivity index (χ2v) is 11.8. The van der Waals surface area contributed by atoms with Crippen LogP contribution in [0.25, 0.3) is 0 Å². The first kappa shape index (κ1) is 30.3. The molecule has 1 aliphatic carbocycles. The standard InChI is InChI=1S/C34H50N4O2/c1-27(35-2)33(39)36-32(30-19-10-5-11-20-30)34(40)38-24-13-21-31(38)26-37(25-22-29-16-8-4-9-17-29)23-12-18-28-14-6-3-7-15-28/h3-4,6-9,14-17,27,30-32,35H,5,10-13,18-26H2,1-2H3,(H,36,39)/t27-,31-,32-/m0/s1. The van der Waals surface area contributed by atoms with E-state index in [2.05, 4.69) is 81.1 Å². The molecule has 1 saturated heterocycles. The first-order chi connectivity index (χ1) is 19.5. The zero-order valence-electron chi connectivity index (χ0n) is 24.7. The van der Waals surface area contributed by atoms with E-state index in [9.17, 15) is 9.59 Å². The highest BCUT2D eigenvalue weighted by Gasteiger charge is 2.39. The molecule has 0 aromatic heterocycles. The second kappa shape index (κ2) is 15.9. The zero-order valence-corrected chi connectivity index (χ0v) is 24.7. The fourth-order valence-electron chi connectivity index (χ4n) is 6.43. The Morgan fingerprint density at radius 2 is 1.52 bits per heavy atom. The van der Waals surface area contributed by atoms with Crippen LogP contribution >= 0.6 is 0 Å². The minimum atomic E-state index is -0.417. The molecule has 0 spiro atoms. The van der Waals surface area contributed by atoms with Crippen molar-refractivity contribution in [2.24, 2.45) is 5.92 Å². The summed E-state index contributed by atoms with van der Waals surface area (Å²) in [6.45, 7) is 5.55. The second-order valence-electron chi connectivity index (χ2n) is 11.8. The van der Waals surface area contributed by atoms with Gasteiger partial charge in [-0.3, -0.25) is 9.59 Å². The summed E-state index contributed by atoms with van der Waals surface area (Å²) in [5.41, 5.74) is 2.73. The van der Waals surface area contributed by atoms with Gasteiger partial charge >= 0.3 is 0 Å². The molecule has 2 fully saturated rings. The fraction of sp³-hybridized carbons (Fsp3) is 0.588. The maximum atomic E-state index is 14.1. The van der Waals surface area contributed by atoms with Gasteiger partial charge in [-0.25, -0.2) is 0 Å². The van der Waals surface area contributed by atoms with E-state index in [1.807, 2.05) is 6.92 Å². The minimum Gasteiger partial charge on any atom is -0.343 e. The number of nitrogens with zero attached hydrogens (tertiary/aromatic N) is 2. The van der Waals surface area contributed by atoms with Crippen LogP contribution in [0.2, 0.25) is 0 Å². The summed E-state index contributed by atoms with van der Waals surface area (Å²) in [5.74, 6) is 0.293. The van der Waals surface area contributed by atoms with Gasteiger partial charge in [0.25, 0.3) is 0 Å². The van der Waals surface area contributed by atoms with Gasteiger partial charge in [0.1, 0.15) is 6.04 Å². The smallest absolute Gasteiger partial charge is 0.245 e. The van der Waals surface area contributed by atoms with Gasteiger partial charge in [-0.1, -0.05) is 79.9 Å². The van der Waals surface area contributed by atoms with Crippen molar-refractivity contribution in [3.05, 3.63) is 71.8 Å². The highest BCUT2D eigenvalue weighted by molar-refractivity contribution is 5.90. The van der Waals surface area contributed by atoms with Crippen molar-refractivity contribution in [3.8, 4) is 0 Å². The van der Waals surface area contributed by atoms with Crippen LogP contribution in [0.3, 0.4) is 0 Å². The van der Waals surface area contributed by atoms with Crippen LogP contribution in [-0.2, 0) is 22.4 Å². The number of likely N-dealkylation sites (tertiary alicyclic amines) is 1. The Kier molecular flexibility index (Phi) is 12.0. The number of hydrogen-bond donors (Lipinski definition) is 2. The molecule has 2 aromatic carbocycles. The van der Waals surface area contributed by atoms with Crippen LogP contribution in [0.4, 0.5) is 0 Å². The Morgan fingerprint density at radius 1 is 0.875 bits per heavy atom. The van der Waals surface area contributed by atoms with Gasteiger partial charge in [0.15, 0.2) is 0 Å². The highest BCUT2D eigenvalue weighted by atomic mass is 16.2. The summed E-state index contributed by atoms with van der Waals surface area (Å²) < 4.78 is 0. The van der Waals surface area contributed by atoms with Crippen LogP contribution in [0.15, 0.2) is 60.7 Å². The monoisotopic (exact) mass is 546 g/mol. The molecule has 0 radical (unpaired) electrons. The Labute approximate surface area is 241 Å². The van der Waals surface area contributed by atoms with Crippen LogP contribution < -0.4 is 10.6 Å². The van der Waals surface area contributed by atoms with E-state index >= 15 is 0 Å². The predicted octanol–water partition coefficient (Wildman–Crippen LogP) is 4.83. The third-order valence-corrected chi connectivity index (χ3v) is 8.98. The Hall–Kier alpha value is -2.70. The summed E-state index contributed by atoms with van der Waals surface area (Å²) in [4.78, 5) is 31.7. The van der Waals surface area contributed by atoms with Gasteiger partial charge in [0.2, 0.25) is 11.8 Å². The van der Waals surface area contributed by atoms with Gasteiger partial charge in [0.05, 0.1) is 6.04 Å². The molecule has 0 bridgehead atoms. The number of amides is 2. The van der Waals surface area contributed by atoms with Crippen molar-refractivity contribution in [1.82, 2.24) is 20.4 Å². The van der Waals surface area contributed by atoms with E-state index < -0.39 is 6.04 Å². The lowest BCUT2D eigenvalue weighted by molar-refractivity contribution is -0.139. The summed E-state index contributed by atoms with van der Waals surface area (Å²) in [6.07, 6.45) is 10.8. The average molecular weight is 547 g/mol. The van der Waals surface area contributed by atoms with E-state index in [4.69, 9.17) is 0 Å². The Bertz CT molecular complexity index is 1020. The lowest BCUT2D eigenvalue weighted by atomic mass is 9.83. The van der Waals surface area contributed by atoms with Crippen LogP contribution in [0.1, 0.15) is 69.4 Å². The summed E-state index contributed by atoms with van der Waals surface area (Å²) in [7, 11) is 1.79. The van der Waals surface area contributed by atoms with E-state index in [-0.39, 0.29) is 29.8 Å². The van der Waals surface area contributed by atoms with Gasteiger partial charge in [0, 0.05) is 25.7 Å². The maximum Gasteiger partial charge on any atom is 0.245 e. The quantitative estimate of drug-likeness (QED) is 0.356. The number of nitrogens with one attached hydrogen (secondary N) is 2.